The average molecular weight is 356 g/mol. The number of thiazole rings is 1. The predicted molar refractivity (Wildman–Crippen MR) is 107 cm³/mol. The molecule has 0 unspecified atom stereocenters. The molecule has 0 spiro atoms. The summed E-state index contributed by atoms with van der Waals surface area (Å²) in [5, 5.41) is 5.44. The monoisotopic (exact) mass is 356 g/mol. The second-order valence-electron chi connectivity index (χ2n) is 5.77. The summed E-state index contributed by atoms with van der Waals surface area (Å²) >= 11 is 1.43. The normalized spacial score (nSPS) is 10.5. The van der Waals surface area contributed by atoms with Crippen LogP contribution < -0.4 is 5.32 Å². The molecule has 0 fully saturated rings. The molecule has 4 heteroatoms. The molecule has 4 aromatic rings. The molecule has 1 amide bonds. The lowest BCUT2D eigenvalue weighted by Crippen LogP contribution is -2.11. The number of aromatic nitrogens is 1. The van der Waals surface area contributed by atoms with Gasteiger partial charge in [0.25, 0.3) is 5.91 Å². The third kappa shape index (κ3) is 3.41. The number of anilines is 1. The van der Waals surface area contributed by atoms with Gasteiger partial charge in [-0.1, -0.05) is 72.8 Å². The Morgan fingerprint density at radius 1 is 0.769 bits per heavy atom. The van der Waals surface area contributed by atoms with E-state index in [0.29, 0.717) is 10.7 Å². The first-order valence-electron chi connectivity index (χ1n) is 8.28. The molecule has 3 nitrogen and oxygen atoms in total. The molecule has 1 N–H and O–H groups in total. The first kappa shape index (κ1) is 16.2. The Bertz CT molecular complexity index is 1030. The van der Waals surface area contributed by atoms with Gasteiger partial charge in [-0.15, -0.1) is 11.3 Å². The van der Waals surface area contributed by atoms with Crippen LogP contribution in [0.2, 0.25) is 0 Å². The van der Waals surface area contributed by atoms with Gasteiger partial charge in [0.2, 0.25) is 0 Å². The van der Waals surface area contributed by atoms with Gasteiger partial charge in [0.15, 0.2) is 5.13 Å². The van der Waals surface area contributed by atoms with E-state index in [1.807, 2.05) is 53.9 Å². The Morgan fingerprint density at radius 3 is 2.12 bits per heavy atom. The highest BCUT2D eigenvalue weighted by atomic mass is 32.1. The van der Waals surface area contributed by atoms with E-state index < -0.39 is 0 Å². The fraction of sp³-hybridized carbons (Fsp3) is 0. The van der Waals surface area contributed by atoms with Crippen molar-refractivity contribution in [2.45, 2.75) is 0 Å². The Labute approximate surface area is 156 Å². The van der Waals surface area contributed by atoms with Gasteiger partial charge >= 0.3 is 0 Å². The van der Waals surface area contributed by atoms with E-state index in [-0.39, 0.29) is 5.91 Å². The maximum Gasteiger partial charge on any atom is 0.257 e. The lowest BCUT2D eigenvalue weighted by atomic mass is 9.98. The van der Waals surface area contributed by atoms with Gasteiger partial charge in [0, 0.05) is 16.5 Å². The number of rotatable bonds is 4. The smallest absolute Gasteiger partial charge is 0.257 e. The van der Waals surface area contributed by atoms with Crippen LogP contribution in [0.5, 0.6) is 0 Å². The summed E-state index contributed by atoms with van der Waals surface area (Å²) in [4.78, 5) is 16.9. The second kappa shape index (κ2) is 7.33. The second-order valence-corrected chi connectivity index (χ2v) is 6.63. The molecule has 0 atom stereocenters. The molecule has 3 aromatic carbocycles. The Morgan fingerprint density at radius 2 is 1.38 bits per heavy atom. The Hall–Kier alpha value is -3.24. The molecule has 0 radical (unpaired) electrons. The molecule has 0 bridgehead atoms. The summed E-state index contributed by atoms with van der Waals surface area (Å²) in [6, 6.07) is 27.6. The third-order valence-corrected chi connectivity index (χ3v) is 4.81. The number of benzene rings is 3. The van der Waals surface area contributed by atoms with Gasteiger partial charge in [-0.2, -0.15) is 0 Å². The maximum atomic E-state index is 12.3. The number of nitrogens with one attached hydrogen (secondary N) is 1. The van der Waals surface area contributed by atoms with Crippen molar-refractivity contribution in [3.8, 4) is 22.4 Å². The SMILES string of the molecule is O=C(Nc1nc(-c2ccccc2-c2ccccc2)cs1)c1ccccc1. The minimum absolute atomic E-state index is 0.150. The first-order chi connectivity index (χ1) is 12.8. The van der Waals surface area contributed by atoms with Crippen LogP contribution in [0.15, 0.2) is 90.3 Å². The molecule has 0 saturated heterocycles. The third-order valence-electron chi connectivity index (χ3n) is 4.05. The number of carbonyl (C=O) groups is 1. The molecule has 1 aromatic heterocycles. The van der Waals surface area contributed by atoms with E-state index in [1.54, 1.807) is 12.1 Å². The summed E-state index contributed by atoms with van der Waals surface area (Å²) in [7, 11) is 0. The lowest BCUT2D eigenvalue weighted by molar-refractivity contribution is 0.102. The summed E-state index contributed by atoms with van der Waals surface area (Å²) in [5.41, 5.74) is 4.80. The first-order valence-corrected chi connectivity index (χ1v) is 9.16. The minimum atomic E-state index is -0.150. The molecule has 26 heavy (non-hydrogen) atoms. The van der Waals surface area contributed by atoms with Crippen molar-refractivity contribution in [3.05, 3.63) is 95.9 Å². The molecule has 0 aliphatic heterocycles. The van der Waals surface area contributed by atoms with Crippen molar-refractivity contribution in [1.82, 2.24) is 4.98 Å². The summed E-state index contributed by atoms with van der Waals surface area (Å²) < 4.78 is 0. The van der Waals surface area contributed by atoms with Crippen LogP contribution in [0.1, 0.15) is 10.4 Å². The van der Waals surface area contributed by atoms with Crippen LogP contribution in [0.3, 0.4) is 0 Å². The zero-order valence-corrected chi connectivity index (χ0v) is 14.7. The van der Waals surface area contributed by atoms with Gasteiger partial charge in [-0.05, 0) is 23.3 Å². The van der Waals surface area contributed by atoms with Crippen LogP contribution in [-0.4, -0.2) is 10.9 Å². The van der Waals surface area contributed by atoms with E-state index in [1.165, 1.54) is 11.3 Å². The quantitative estimate of drug-likeness (QED) is 0.507. The fourth-order valence-electron chi connectivity index (χ4n) is 2.79. The highest BCUT2D eigenvalue weighted by Crippen LogP contribution is 2.33. The standard InChI is InChI=1S/C22H16N2OS/c25-21(17-11-5-2-6-12-17)24-22-23-20(15-26-22)19-14-8-7-13-18(19)16-9-3-1-4-10-16/h1-15H,(H,23,24,25). The van der Waals surface area contributed by atoms with Gasteiger partial charge in [-0.25, -0.2) is 4.98 Å². The van der Waals surface area contributed by atoms with Crippen molar-refractivity contribution in [2.75, 3.05) is 5.32 Å². The number of amides is 1. The molecule has 0 saturated carbocycles. The van der Waals surface area contributed by atoms with E-state index in [4.69, 9.17) is 0 Å². The Kier molecular flexibility index (Phi) is 4.58. The van der Waals surface area contributed by atoms with Crippen LogP contribution in [0.4, 0.5) is 5.13 Å². The van der Waals surface area contributed by atoms with Gasteiger partial charge in [0.05, 0.1) is 5.69 Å². The number of hydrogen-bond acceptors (Lipinski definition) is 3. The van der Waals surface area contributed by atoms with Crippen molar-refractivity contribution in [1.29, 1.82) is 0 Å². The summed E-state index contributed by atoms with van der Waals surface area (Å²) in [6.07, 6.45) is 0. The summed E-state index contributed by atoms with van der Waals surface area (Å²) in [6.45, 7) is 0. The molecule has 0 aliphatic rings. The van der Waals surface area contributed by atoms with Crippen molar-refractivity contribution in [3.63, 3.8) is 0 Å². The zero-order chi connectivity index (χ0) is 17.8. The van der Waals surface area contributed by atoms with Gasteiger partial charge in [0.1, 0.15) is 0 Å². The van der Waals surface area contributed by atoms with Crippen LogP contribution in [0.25, 0.3) is 22.4 Å². The van der Waals surface area contributed by atoms with Crippen LogP contribution in [-0.2, 0) is 0 Å². The van der Waals surface area contributed by atoms with Crippen LogP contribution in [0, 0.1) is 0 Å². The van der Waals surface area contributed by atoms with E-state index in [9.17, 15) is 4.79 Å². The molecule has 0 aliphatic carbocycles. The van der Waals surface area contributed by atoms with E-state index in [2.05, 4.69) is 34.6 Å². The molecular formula is C22H16N2OS. The van der Waals surface area contributed by atoms with Crippen molar-refractivity contribution < 1.29 is 4.79 Å². The zero-order valence-electron chi connectivity index (χ0n) is 13.9. The van der Waals surface area contributed by atoms with E-state index in [0.717, 1.165) is 22.4 Å². The lowest BCUT2D eigenvalue weighted by Gasteiger charge is -2.07. The average Bonchev–Trinajstić information content (AvgIpc) is 3.17. The van der Waals surface area contributed by atoms with Gasteiger partial charge < -0.3 is 0 Å². The summed E-state index contributed by atoms with van der Waals surface area (Å²) in [5.74, 6) is -0.150. The molecular weight excluding hydrogens is 340 g/mol. The predicted octanol–water partition coefficient (Wildman–Crippen LogP) is 5.73. The largest absolute Gasteiger partial charge is 0.298 e. The molecule has 1 heterocycles. The maximum absolute atomic E-state index is 12.3. The molecule has 126 valence electrons. The fourth-order valence-corrected chi connectivity index (χ4v) is 3.50. The van der Waals surface area contributed by atoms with Crippen molar-refractivity contribution in [2.24, 2.45) is 0 Å². The van der Waals surface area contributed by atoms with Crippen LogP contribution >= 0.6 is 11.3 Å². The number of carbonyl (C=O) groups excluding carboxylic acids is 1. The van der Waals surface area contributed by atoms with Crippen molar-refractivity contribution >= 4 is 22.4 Å². The van der Waals surface area contributed by atoms with Gasteiger partial charge in [-0.3, -0.25) is 10.1 Å². The number of nitrogens with zero attached hydrogens (tertiary/aromatic N) is 1. The number of hydrogen-bond donors (Lipinski definition) is 1. The topological polar surface area (TPSA) is 42.0 Å². The minimum Gasteiger partial charge on any atom is -0.298 e. The highest BCUT2D eigenvalue weighted by Gasteiger charge is 2.12. The highest BCUT2D eigenvalue weighted by molar-refractivity contribution is 7.14. The van der Waals surface area contributed by atoms with E-state index >= 15 is 0 Å². The molecule has 4 rings (SSSR count). The Balaban J connectivity index is 1.62.